The second-order valence-electron chi connectivity index (χ2n) is 5.55. The molecule has 0 spiro atoms. The summed E-state index contributed by atoms with van der Waals surface area (Å²) in [5.74, 6) is 0. The van der Waals surface area contributed by atoms with E-state index in [-0.39, 0.29) is 6.04 Å². The minimum Gasteiger partial charge on any atom is -0.444 e. The van der Waals surface area contributed by atoms with E-state index < -0.39 is 11.7 Å². The lowest BCUT2D eigenvalue weighted by Gasteiger charge is -2.21. The Morgan fingerprint density at radius 1 is 1.26 bits per heavy atom. The van der Waals surface area contributed by atoms with E-state index >= 15 is 0 Å². The molecule has 1 amide bonds. The van der Waals surface area contributed by atoms with Crippen molar-refractivity contribution in [1.29, 1.82) is 0 Å². The molecule has 0 heterocycles. The molecule has 0 bridgehead atoms. The highest BCUT2D eigenvalue weighted by Gasteiger charge is 2.17. The minimum atomic E-state index is -0.477. The Hall–Kier alpha value is -1.55. The summed E-state index contributed by atoms with van der Waals surface area (Å²) in [6, 6.07) is 9.84. The van der Waals surface area contributed by atoms with Crippen LogP contribution in [0.3, 0.4) is 0 Å². The van der Waals surface area contributed by atoms with Gasteiger partial charge >= 0.3 is 6.09 Å². The highest BCUT2D eigenvalue weighted by atomic mass is 16.6. The predicted molar refractivity (Wildman–Crippen MR) is 74.9 cm³/mol. The number of carbonyl (C=O) groups is 1. The fraction of sp³-hybridized carbons (Fsp3) is 0.533. The van der Waals surface area contributed by atoms with Crippen LogP contribution >= 0.6 is 0 Å². The molecule has 1 N–H and O–H groups in total. The van der Waals surface area contributed by atoms with E-state index in [0.717, 1.165) is 5.56 Å². The number of hydrogen-bond acceptors (Lipinski definition) is 3. The topological polar surface area (TPSA) is 47.6 Å². The van der Waals surface area contributed by atoms with Crippen LogP contribution in [-0.2, 0) is 16.1 Å². The maximum atomic E-state index is 11.5. The Bertz CT molecular complexity index is 384. The van der Waals surface area contributed by atoms with Gasteiger partial charge in [0.25, 0.3) is 0 Å². The third kappa shape index (κ3) is 7.47. The van der Waals surface area contributed by atoms with Gasteiger partial charge in [-0.25, -0.2) is 4.79 Å². The van der Waals surface area contributed by atoms with Crippen LogP contribution < -0.4 is 5.32 Å². The summed E-state index contributed by atoms with van der Waals surface area (Å²) in [5, 5.41) is 2.74. The molecule has 0 saturated heterocycles. The molecule has 0 radical (unpaired) electrons. The Kier molecular flexibility index (Phi) is 5.83. The summed E-state index contributed by atoms with van der Waals surface area (Å²) in [5.41, 5.74) is 0.640. The number of rotatable bonds is 5. The average molecular weight is 265 g/mol. The summed E-state index contributed by atoms with van der Waals surface area (Å²) in [6.45, 7) is 8.39. The Morgan fingerprint density at radius 3 is 2.47 bits per heavy atom. The van der Waals surface area contributed by atoms with E-state index in [2.05, 4.69) is 5.32 Å². The Balaban J connectivity index is 2.21. The van der Waals surface area contributed by atoms with E-state index in [9.17, 15) is 4.79 Å². The predicted octanol–water partition coefficient (Wildman–Crippen LogP) is 3.12. The molecule has 4 nitrogen and oxygen atoms in total. The lowest BCUT2D eigenvalue weighted by Crippen LogP contribution is -2.39. The van der Waals surface area contributed by atoms with Gasteiger partial charge in [-0.15, -0.1) is 0 Å². The molecule has 4 heteroatoms. The van der Waals surface area contributed by atoms with Gasteiger partial charge in [-0.05, 0) is 33.3 Å². The molecule has 1 rings (SSSR count). The van der Waals surface area contributed by atoms with Crippen molar-refractivity contribution in [2.45, 2.75) is 45.9 Å². The molecule has 0 aliphatic rings. The number of ether oxygens (including phenoxy) is 2. The van der Waals surface area contributed by atoms with E-state index in [1.165, 1.54) is 0 Å². The maximum Gasteiger partial charge on any atom is 0.407 e. The number of benzene rings is 1. The van der Waals surface area contributed by atoms with Gasteiger partial charge in [0.2, 0.25) is 0 Å². The highest BCUT2D eigenvalue weighted by Crippen LogP contribution is 2.07. The first-order valence-corrected chi connectivity index (χ1v) is 6.48. The van der Waals surface area contributed by atoms with Crippen molar-refractivity contribution in [3.05, 3.63) is 35.9 Å². The zero-order valence-electron chi connectivity index (χ0n) is 12.1. The van der Waals surface area contributed by atoms with E-state index in [1.807, 2.05) is 58.0 Å². The fourth-order valence-corrected chi connectivity index (χ4v) is 1.48. The maximum absolute atomic E-state index is 11.5. The zero-order valence-corrected chi connectivity index (χ0v) is 12.1. The number of hydrogen-bond donors (Lipinski definition) is 1. The third-order valence-electron chi connectivity index (χ3n) is 2.24. The van der Waals surface area contributed by atoms with E-state index in [4.69, 9.17) is 9.47 Å². The molecule has 0 aliphatic heterocycles. The summed E-state index contributed by atoms with van der Waals surface area (Å²) < 4.78 is 10.7. The lowest BCUT2D eigenvalue weighted by molar-refractivity contribution is 0.0442. The molecule has 1 aromatic carbocycles. The van der Waals surface area contributed by atoms with Gasteiger partial charge in [0.15, 0.2) is 0 Å². The number of amides is 1. The van der Waals surface area contributed by atoms with Crippen molar-refractivity contribution >= 4 is 6.09 Å². The van der Waals surface area contributed by atoms with Crippen molar-refractivity contribution < 1.29 is 14.3 Å². The molecular weight excluding hydrogens is 242 g/mol. The van der Waals surface area contributed by atoms with Gasteiger partial charge in [0.05, 0.1) is 19.3 Å². The van der Waals surface area contributed by atoms with Gasteiger partial charge in [-0.2, -0.15) is 0 Å². The van der Waals surface area contributed by atoms with Crippen molar-refractivity contribution in [3.8, 4) is 0 Å². The van der Waals surface area contributed by atoms with Crippen LogP contribution in [0.5, 0.6) is 0 Å². The number of alkyl carbamates (subject to hydrolysis) is 1. The Morgan fingerprint density at radius 2 is 1.89 bits per heavy atom. The molecule has 106 valence electrons. The summed E-state index contributed by atoms with van der Waals surface area (Å²) in [7, 11) is 0. The van der Waals surface area contributed by atoms with Gasteiger partial charge < -0.3 is 14.8 Å². The molecule has 1 atom stereocenters. The van der Waals surface area contributed by atoms with Crippen LogP contribution in [-0.4, -0.2) is 24.3 Å². The monoisotopic (exact) mass is 265 g/mol. The number of carbonyl (C=O) groups excluding carboxylic acids is 1. The SMILES string of the molecule is CC(COCc1ccccc1)NC(=O)OC(C)(C)C. The van der Waals surface area contributed by atoms with Gasteiger partial charge in [0, 0.05) is 0 Å². The molecule has 0 fully saturated rings. The standard InChI is InChI=1S/C15H23NO3/c1-12(16-14(17)19-15(2,3)4)10-18-11-13-8-6-5-7-9-13/h5-9,12H,10-11H2,1-4H3,(H,16,17). The molecule has 1 unspecified atom stereocenters. The number of nitrogens with one attached hydrogen (secondary N) is 1. The van der Waals surface area contributed by atoms with Crippen LogP contribution in [0.1, 0.15) is 33.3 Å². The fourth-order valence-electron chi connectivity index (χ4n) is 1.48. The van der Waals surface area contributed by atoms with Crippen LogP contribution in [0.4, 0.5) is 4.79 Å². The summed E-state index contributed by atoms with van der Waals surface area (Å²) in [6.07, 6.45) is -0.414. The largest absolute Gasteiger partial charge is 0.444 e. The smallest absolute Gasteiger partial charge is 0.407 e. The third-order valence-corrected chi connectivity index (χ3v) is 2.24. The van der Waals surface area contributed by atoms with Crippen molar-refractivity contribution in [2.75, 3.05) is 6.61 Å². The second-order valence-corrected chi connectivity index (χ2v) is 5.55. The van der Waals surface area contributed by atoms with Gasteiger partial charge in [-0.1, -0.05) is 30.3 Å². The quantitative estimate of drug-likeness (QED) is 0.889. The molecule has 19 heavy (non-hydrogen) atoms. The summed E-state index contributed by atoms with van der Waals surface area (Å²) in [4.78, 5) is 11.5. The van der Waals surface area contributed by atoms with Crippen LogP contribution in [0, 0.1) is 0 Å². The first-order valence-electron chi connectivity index (χ1n) is 6.48. The highest BCUT2D eigenvalue weighted by molar-refractivity contribution is 5.68. The minimum absolute atomic E-state index is 0.0847. The first-order chi connectivity index (χ1) is 8.87. The zero-order chi connectivity index (χ0) is 14.3. The second kappa shape index (κ2) is 7.14. The summed E-state index contributed by atoms with van der Waals surface area (Å²) >= 11 is 0. The van der Waals surface area contributed by atoms with Gasteiger partial charge in [0.1, 0.15) is 5.60 Å². The van der Waals surface area contributed by atoms with Crippen molar-refractivity contribution in [1.82, 2.24) is 5.32 Å². The van der Waals surface area contributed by atoms with E-state index in [1.54, 1.807) is 0 Å². The van der Waals surface area contributed by atoms with Crippen molar-refractivity contribution in [2.24, 2.45) is 0 Å². The molecule has 0 aromatic heterocycles. The molecule has 0 saturated carbocycles. The van der Waals surface area contributed by atoms with E-state index in [0.29, 0.717) is 13.2 Å². The lowest BCUT2D eigenvalue weighted by atomic mass is 10.2. The van der Waals surface area contributed by atoms with Gasteiger partial charge in [-0.3, -0.25) is 0 Å². The molecule has 0 aliphatic carbocycles. The normalized spacial score (nSPS) is 12.8. The van der Waals surface area contributed by atoms with Crippen LogP contribution in [0.2, 0.25) is 0 Å². The average Bonchev–Trinajstić information content (AvgIpc) is 2.27. The molecule has 1 aromatic rings. The molecular formula is C15H23NO3. The van der Waals surface area contributed by atoms with Crippen LogP contribution in [0.25, 0.3) is 0 Å². The Labute approximate surface area is 115 Å². The van der Waals surface area contributed by atoms with Crippen molar-refractivity contribution in [3.63, 3.8) is 0 Å². The first kappa shape index (κ1) is 15.5. The van der Waals surface area contributed by atoms with Crippen LogP contribution in [0.15, 0.2) is 30.3 Å².